The van der Waals surface area contributed by atoms with Crippen molar-refractivity contribution in [1.82, 2.24) is 5.16 Å². The molecule has 3 rings (SSSR count). The molecule has 1 amide bonds. The zero-order valence-corrected chi connectivity index (χ0v) is 14.9. The standard InChI is InChI=1S/C18H16N2O5S/c1-12-17(13(2)24-20-12)26(22,23)25-16-11-7-6-10-15(16)18(21)19-14-8-4-3-5-9-14/h3-11H,1-2H3,(H,19,21). The molecule has 1 heterocycles. The molecule has 0 fully saturated rings. The Balaban J connectivity index is 1.91. The van der Waals surface area contributed by atoms with Gasteiger partial charge in [-0.05, 0) is 38.1 Å². The van der Waals surface area contributed by atoms with Crippen molar-refractivity contribution < 1.29 is 21.9 Å². The van der Waals surface area contributed by atoms with Crippen LogP contribution in [-0.2, 0) is 10.1 Å². The van der Waals surface area contributed by atoms with E-state index in [-0.39, 0.29) is 27.7 Å². The third-order valence-electron chi connectivity index (χ3n) is 3.58. The van der Waals surface area contributed by atoms with E-state index in [0.717, 1.165) is 0 Å². The van der Waals surface area contributed by atoms with E-state index >= 15 is 0 Å². The van der Waals surface area contributed by atoms with Gasteiger partial charge in [0.25, 0.3) is 5.91 Å². The number of carbonyl (C=O) groups is 1. The Morgan fingerprint density at radius 2 is 1.69 bits per heavy atom. The van der Waals surface area contributed by atoms with Crippen LogP contribution in [0.1, 0.15) is 21.8 Å². The van der Waals surface area contributed by atoms with Crippen LogP contribution in [0.25, 0.3) is 0 Å². The van der Waals surface area contributed by atoms with Gasteiger partial charge in [0, 0.05) is 5.69 Å². The predicted molar refractivity (Wildman–Crippen MR) is 94.6 cm³/mol. The van der Waals surface area contributed by atoms with Crippen LogP contribution in [0.2, 0.25) is 0 Å². The van der Waals surface area contributed by atoms with Crippen LogP contribution in [0.15, 0.2) is 64.0 Å². The first-order valence-electron chi connectivity index (χ1n) is 7.71. The maximum absolute atomic E-state index is 12.6. The largest absolute Gasteiger partial charge is 0.378 e. The number of hydrogen-bond acceptors (Lipinski definition) is 6. The lowest BCUT2D eigenvalue weighted by molar-refractivity contribution is 0.102. The number of nitrogens with zero attached hydrogens (tertiary/aromatic N) is 1. The maximum atomic E-state index is 12.6. The monoisotopic (exact) mass is 372 g/mol. The molecular formula is C18H16N2O5S. The van der Waals surface area contributed by atoms with Gasteiger partial charge in [-0.2, -0.15) is 8.42 Å². The Morgan fingerprint density at radius 1 is 1.04 bits per heavy atom. The number of benzene rings is 2. The van der Waals surface area contributed by atoms with Gasteiger partial charge in [0.1, 0.15) is 5.69 Å². The first-order valence-corrected chi connectivity index (χ1v) is 9.12. The first kappa shape index (κ1) is 17.7. The number of para-hydroxylation sites is 2. The Morgan fingerprint density at radius 3 is 2.35 bits per heavy atom. The minimum Gasteiger partial charge on any atom is -0.378 e. The highest BCUT2D eigenvalue weighted by Crippen LogP contribution is 2.27. The highest BCUT2D eigenvalue weighted by atomic mass is 32.2. The van der Waals surface area contributed by atoms with Gasteiger partial charge >= 0.3 is 10.1 Å². The lowest BCUT2D eigenvalue weighted by Gasteiger charge is -2.11. The first-order chi connectivity index (χ1) is 12.4. The van der Waals surface area contributed by atoms with Crippen molar-refractivity contribution in [2.24, 2.45) is 0 Å². The summed E-state index contributed by atoms with van der Waals surface area (Å²) in [4.78, 5) is 12.4. The number of carbonyl (C=O) groups excluding carboxylic acids is 1. The van der Waals surface area contributed by atoms with Crippen LogP contribution in [-0.4, -0.2) is 19.5 Å². The van der Waals surface area contributed by atoms with Gasteiger partial charge in [0.15, 0.2) is 16.4 Å². The van der Waals surface area contributed by atoms with Crippen LogP contribution in [0.4, 0.5) is 5.69 Å². The highest BCUT2D eigenvalue weighted by Gasteiger charge is 2.28. The Labute approximate surface area is 150 Å². The van der Waals surface area contributed by atoms with Gasteiger partial charge in [-0.3, -0.25) is 4.79 Å². The van der Waals surface area contributed by atoms with Crippen molar-refractivity contribution in [3.8, 4) is 5.75 Å². The summed E-state index contributed by atoms with van der Waals surface area (Å²) in [5.74, 6) is -0.449. The molecule has 0 spiro atoms. The normalized spacial score (nSPS) is 11.2. The molecule has 1 N–H and O–H groups in total. The Kier molecular flexibility index (Phi) is 4.77. The molecule has 2 aromatic carbocycles. The molecule has 7 nitrogen and oxygen atoms in total. The van der Waals surface area contributed by atoms with Gasteiger partial charge < -0.3 is 14.0 Å². The second-order valence-electron chi connectivity index (χ2n) is 5.51. The van der Waals surface area contributed by atoms with E-state index < -0.39 is 16.0 Å². The van der Waals surface area contributed by atoms with E-state index in [1.54, 1.807) is 36.4 Å². The van der Waals surface area contributed by atoms with E-state index in [1.807, 2.05) is 6.07 Å². The van der Waals surface area contributed by atoms with Crippen LogP contribution in [0, 0.1) is 13.8 Å². The number of hydrogen-bond donors (Lipinski definition) is 1. The molecule has 0 saturated heterocycles. The van der Waals surface area contributed by atoms with E-state index in [0.29, 0.717) is 5.69 Å². The number of anilines is 1. The molecule has 26 heavy (non-hydrogen) atoms. The zero-order valence-electron chi connectivity index (χ0n) is 14.1. The van der Waals surface area contributed by atoms with Crippen molar-refractivity contribution in [1.29, 1.82) is 0 Å². The fourth-order valence-corrected chi connectivity index (χ4v) is 3.69. The highest BCUT2D eigenvalue weighted by molar-refractivity contribution is 7.87. The van der Waals surface area contributed by atoms with E-state index in [2.05, 4.69) is 10.5 Å². The third-order valence-corrected chi connectivity index (χ3v) is 5.06. The lowest BCUT2D eigenvalue weighted by Crippen LogP contribution is -2.17. The Bertz CT molecular complexity index is 1020. The number of aryl methyl sites for hydroxylation is 2. The topological polar surface area (TPSA) is 98.5 Å². The fraction of sp³-hybridized carbons (Fsp3) is 0.111. The van der Waals surface area contributed by atoms with Crippen LogP contribution in [0.3, 0.4) is 0 Å². The number of amides is 1. The molecule has 1 aromatic heterocycles. The smallest absolute Gasteiger partial charge is 0.344 e. The Hall–Kier alpha value is -3.13. The van der Waals surface area contributed by atoms with Gasteiger partial charge in [-0.1, -0.05) is 35.5 Å². The van der Waals surface area contributed by atoms with Crippen molar-refractivity contribution in [3.63, 3.8) is 0 Å². The predicted octanol–water partition coefficient (Wildman–Crippen LogP) is 3.31. The fourth-order valence-electron chi connectivity index (χ4n) is 2.44. The summed E-state index contributed by atoms with van der Waals surface area (Å²) < 4.78 is 35.3. The van der Waals surface area contributed by atoms with E-state index in [1.165, 1.54) is 26.0 Å². The summed E-state index contributed by atoms with van der Waals surface area (Å²) in [5, 5.41) is 6.32. The van der Waals surface area contributed by atoms with Gasteiger partial charge in [-0.15, -0.1) is 0 Å². The van der Waals surface area contributed by atoms with Gasteiger partial charge in [0.05, 0.1) is 5.56 Å². The molecule has 0 radical (unpaired) electrons. The molecule has 0 saturated carbocycles. The average molecular weight is 372 g/mol. The number of nitrogens with one attached hydrogen (secondary N) is 1. The molecule has 0 bridgehead atoms. The SMILES string of the molecule is Cc1noc(C)c1S(=O)(=O)Oc1ccccc1C(=O)Nc1ccccc1. The molecule has 0 atom stereocenters. The summed E-state index contributed by atoms with van der Waals surface area (Å²) in [6.45, 7) is 2.98. The second-order valence-corrected chi connectivity index (χ2v) is 6.99. The summed E-state index contributed by atoms with van der Waals surface area (Å²) in [6.07, 6.45) is 0. The quantitative estimate of drug-likeness (QED) is 0.690. The van der Waals surface area contributed by atoms with Crippen molar-refractivity contribution in [3.05, 3.63) is 71.6 Å². The molecule has 0 aliphatic rings. The third kappa shape index (κ3) is 3.60. The van der Waals surface area contributed by atoms with Crippen molar-refractivity contribution >= 4 is 21.7 Å². The molecule has 3 aromatic rings. The van der Waals surface area contributed by atoms with Gasteiger partial charge in [0.2, 0.25) is 0 Å². The number of aromatic nitrogens is 1. The molecule has 0 aliphatic carbocycles. The summed E-state index contributed by atoms with van der Waals surface area (Å²) >= 11 is 0. The molecule has 134 valence electrons. The minimum absolute atomic E-state index is 0.0825. The molecule has 8 heteroatoms. The summed E-state index contributed by atoms with van der Waals surface area (Å²) in [7, 11) is -4.20. The van der Waals surface area contributed by atoms with Crippen LogP contribution < -0.4 is 9.50 Å². The average Bonchev–Trinajstić information content (AvgIpc) is 2.95. The summed E-state index contributed by atoms with van der Waals surface area (Å²) in [5.41, 5.74) is 0.862. The lowest BCUT2D eigenvalue weighted by atomic mass is 10.2. The van der Waals surface area contributed by atoms with Crippen LogP contribution >= 0.6 is 0 Å². The van der Waals surface area contributed by atoms with E-state index in [4.69, 9.17) is 8.71 Å². The molecule has 0 unspecified atom stereocenters. The van der Waals surface area contributed by atoms with Crippen LogP contribution in [0.5, 0.6) is 5.75 Å². The maximum Gasteiger partial charge on any atom is 0.344 e. The molecular weight excluding hydrogens is 356 g/mol. The zero-order chi connectivity index (χ0) is 18.7. The van der Waals surface area contributed by atoms with Crippen molar-refractivity contribution in [2.45, 2.75) is 18.7 Å². The minimum atomic E-state index is -4.20. The van der Waals surface area contributed by atoms with E-state index in [9.17, 15) is 13.2 Å². The van der Waals surface area contributed by atoms with Crippen molar-refractivity contribution in [2.75, 3.05) is 5.32 Å². The molecule has 0 aliphatic heterocycles. The van der Waals surface area contributed by atoms with Gasteiger partial charge in [-0.25, -0.2) is 0 Å². The number of rotatable bonds is 5. The second kappa shape index (κ2) is 7.01. The summed E-state index contributed by atoms with van der Waals surface area (Å²) in [6, 6.07) is 14.9.